The number of carbonyl (C=O) groups is 1. The van der Waals surface area contributed by atoms with Crippen molar-refractivity contribution in [2.24, 2.45) is 5.73 Å². The summed E-state index contributed by atoms with van der Waals surface area (Å²) in [6.45, 7) is -0.515. The number of phosphoric acid groups is 3. The number of aromatic amines is 1. The SMILES string of the molecule is NCCCCCC(=O)NC/C=C/c1cn([C@@H]2O[C@H](COP(=O)(O)OP(=O)(O)OP(=O)(O)O)[C@@H](O)[C@H]2O)c(=O)[nH]c1=O. The van der Waals surface area contributed by atoms with Gasteiger partial charge in [-0.05, 0) is 19.4 Å². The number of nitrogens with zero attached hydrogens (tertiary/aromatic N) is 1. The Balaban J connectivity index is 2.05. The number of amides is 1. The van der Waals surface area contributed by atoms with Gasteiger partial charge in [-0.2, -0.15) is 8.62 Å². The number of hydrogen-bond acceptors (Lipinski definition) is 13. The lowest BCUT2D eigenvalue weighted by molar-refractivity contribution is -0.121. The molecule has 0 aliphatic carbocycles. The smallest absolute Gasteiger partial charge is 0.387 e. The number of carbonyl (C=O) groups excluding carboxylic acids is 1. The average Bonchev–Trinajstić information content (AvgIpc) is 3.10. The van der Waals surface area contributed by atoms with Crippen LogP contribution in [0.3, 0.4) is 0 Å². The van der Waals surface area contributed by atoms with Crippen molar-refractivity contribution in [2.75, 3.05) is 19.7 Å². The molecule has 20 nitrogen and oxygen atoms in total. The number of ether oxygens (including phenoxy) is 1. The molecular weight excluding hydrogens is 621 g/mol. The standard InChI is InChI=1S/C18H31N4O16P3/c19-7-3-1-2-6-13(23)20-8-4-5-11-9-22(18(27)21-16(11)26)17-15(25)14(24)12(36-17)10-35-40(31,32)38-41(33,34)37-39(28,29)30/h4-5,9,12,14-15,17,24-25H,1-3,6-8,10,19H2,(H,20,23)(H,31,32)(H,33,34)(H,21,26,27)(H2,28,29,30)/b5-4+/t12-,14-,15-,17-/m1/s1. The normalized spacial score (nSPS) is 24.3. The molecule has 41 heavy (non-hydrogen) atoms. The van der Waals surface area contributed by atoms with Gasteiger partial charge in [-0.3, -0.25) is 23.7 Å². The van der Waals surface area contributed by atoms with Crippen molar-refractivity contribution < 1.29 is 66.2 Å². The first kappa shape index (κ1) is 35.3. The van der Waals surface area contributed by atoms with E-state index in [1.54, 1.807) is 0 Å². The van der Waals surface area contributed by atoms with Crippen LogP contribution in [0.5, 0.6) is 0 Å². The van der Waals surface area contributed by atoms with Crippen LogP contribution in [-0.4, -0.2) is 83.3 Å². The number of hydrogen-bond donors (Lipinski definition) is 9. The third-order valence-electron chi connectivity index (χ3n) is 5.25. The Kier molecular flexibility index (Phi) is 13.0. The molecule has 234 valence electrons. The van der Waals surface area contributed by atoms with E-state index in [-0.39, 0.29) is 18.0 Å². The molecule has 23 heteroatoms. The molecule has 1 amide bonds. The first-order valence-corrected chi connectivity index (χ1v) is 16.3. The Labute approximate surface area is 231 Å². The number of nitrogens with one attached hydrogen (secondary N) is 2. The van der Waals surface area contributed by atoms with E-state index in [0.29, 0.717) is 24.0 Å². The number of aromatic nitrogens is 2. The van der Waals surface area contributed by atoms with E-state index in [9.17, 15) is 48.1 Å². The molecule has 1 saturated heterocycles. The Morgan fingerprint density at radius 2 is 1.76 bits per heavy atom. The molecule has 0 aromatic carbocycles. The number of nitrogens with two attached hydrogens (primary N) is 1. The Morgan fingerprint density at radius 3 is 2.39 bits per heavy atom. The first-order chi connectivity index (χ1) is 18.9. The Morgan fingerprint density at radius 1 is 1.07 bits per heavy atom. The zero-order valence-corrected chi connectivity index (χ0v) is 23.8. The van der Waals surface area contributed by atoms with E-state index >= 15 is 0 Å². The van der Waals surface area contributed by atoms with Crippen LogP contribution in [0.1, 0.15) is 37.5 Å². The summed E-state index contributed by atoms with van der Waals surface area (Å²) in [5.41, 5.74) is 3.39. The van der Waals surface area contributed by atoms with Gasteiger partial charge >= 0.3 is 29.2 Å². The maximum Gasteiger partial charge on any atom is 0.490 e. The number of unbranched alkanes of at least 4 members (excludes halogenated alkanes) is 2. The third-order valence-corrected chi connectivity index (χ3v) is 9.05. The lowest BCUT2D eigenvalue weighted by Crippen LogP contribution is -2.38. The highest BCUT2D eigenvalue weighted by atomic mass is 31.3. The summed E-state index contributed by atoms with van der Waals surface area (Å²) < 4.78 is 51.6. The van der Waals surface area contributed by atoms with E-state index < -0.39 is 65.9 Å². The summed E-state index contributed by atoms with van der Waals surface area (Å²) in [7, 11) is -17.0. The highest BCUT2D eigenvalue weighted by Crippen LogP contribution is 2.66. The van der Waals surface area contributed by atoms with Crippen molar-refractivity contribution in [1.82, 2.24) is 14.9 Å². The number of aliphatic hydroxyl groups is 2. The van der Waals surface area contributed by atoms with Crippen LogP contribution in [0, 0.1) is 0 Å². The molecule has 10 N–H and O–H groups in total. The molecule has 1 aromatic heterocycles. The fourth-order valence-corrected chi connectivity index (χ4v) is 6.46. The largest absolute Gasteiger partial charge is 0.490 e. The molecule has 0 spiro atoms. The highest BCUT2D eigenvalue weighted by molar-refractivity contribution is 7.66. The van der Waals surface area contributed by atoms with Gasteiger partial charge in [0.05, 0.1) is 12.2 Å². The van der Waals surface area contributed by atoms with Crippen LogP contribution in [0.25, 0.3) is 6.08 Å². The van der Waals surface area contributed by atoms with Crippen LogP contribution in [0.2, 0.25) is 0 Å². The monoisotopic (exact) mass is 652 g/mol. The number of rotatable bonds is 16. The van der Waals surface area contributed by atoms with Crippen LogP contribution in [-0.2, 0) is 36.4 Å². The van der Waals surface area contributed by atoms with Gasteiger partial charge in [0.15, 0.2) is 6.23 Å². The minimum absolute atomic E-state index is 0.0538. The van der Waals surface area contributed by atoms with Crippen molar-refractivity contribution >= 4 is 35.5 Å². The second-order valence-corrected chi connectivity index (χ2v) is 12.9. The third kappa shape index (κ3) is 11.7. The van der Waals surface area contributed by atoms with E-state index in [1.165, 1.54) is 12.2 Å². The van der Waals surface area contributed by atoms with E-state index in [2.05, 4.69) is 18.5 Å². The summed E-state index contributed by atoms with van der Waals surface area (Å²) in [6.07, 6.45) is -0.807. The van der Waals surface area contributed by atoms with Gasteiger partial charge in [-0.15, -0.1) is 0 Å². The molecule has 1 aliphatic rings. The molecule has 1 aliphatic heterocycles. The van der Waals surface area contributed by atoms with Crippen molar-refractivity contribution in [1.29, 1.82) is 0 Å². The summed E-state index contributed by atoms with van der Waals surface area (Å²) in [6, 6.07) is 0. The van der Waals surface area contributed by atoms with Crippen molar-refractivity contribution in [3.63, 3.8) is 0 Å². The molecule has 2 unspecified atom stereocenters. The fraction of sp³-hybridized carbons (Fsp3) is 0.611. The van der Waals surface area contributed by atoms with Gasteiger partial charge < -0.3 is 45.6 Å². The highest BCUT2D eigenvalue weighted by Gasteiger charge is 2.46. The van der Waals surface area contributed by atoms with Gasteiger partial charge in [0, 0.05) is 19.2 Å². The van der Waals surface area contributed by atoms with Crippen LogP contribution >= 0.6 is 23.5 Å². The van der Waals surface area contributed by atoms with Crippen molar-refractivity contribution in [3.05, 3.63) is 38.7 Å². The average molecular weight is 652 g/mol. The molecule has 2 heterocycles. The molecule has 1 aromatic rings. The number of H-pyrrole nitrogens is 1. The molecule has 0 radical (unpaired) electrons. The first-order valence-electron chi connectivity index (χ1n) is 11.7. The minimum atomic E-state index is -5.79. The zero-order valence-electron chi connectivity index (χ0n) is 21.1. The Hall–Kier alpha value is -1.86. The van der Waals surface area contributed by atoms with E-state index in [1.807, 2.05) is 4.98 Å². The quantitative estimate of drug-likeness (QED) is 0.0699. The van der Waals surface area contributed by atoms with Gasteiger partial charge in [0.2, 0.25) is 5.91 Å². The lowest BCUT2D eigenvalue weighted by atomic mass is 10.1. The maximum atomic E-state index is 12.4. The molecule has 1 fully saturated rings. The fourth-order valence-electron chi connectivity index (χ4n) is 3.43. The summed E-state index contributed by atoms with van der Waals surface area (Å²) >= 11 is 0. The zero-order chi connectivity index (χ0) is 31.0. The molecule has 6 atom stereocenters. The topological polar surface area (TPSA) is 319 Å². The van der Waals surface area contributed by atoms with Crippen LogP contribution in [0.4, 0.5) is 0 Å². The van der Waals surface area contributed by atoms with Gasteiger partial charge in [-0.1, -0.05) is 18.6 Å². The van der Waals surface area contributed by atoms with Crippen LogP contribution < -0.4 is 22.3 Å². The van der Waals surface area contributed by atoms with Gasteiger partial charge in [-0.25, -0.2) is 18.5 Å². The van der Waals surface area contributed by atoms with Crippen molar-refractivity contribution in [2.45, 2.75) is 50.2 Å². The second kappa shape index (κ2) is 15.0. The Bertz CT molecular complexity index is 1340. The summed E-state index contributed by atoms with van der Waals surface area (Å²) in [5.74, 6) is -0.218. The van der Waals surface area contributed by atoms with Gasteiger partial charge in [0.25, 0.3) is 5.56 Å². The predicted molar refractivity (Wildman–Crippen MR) is 137 cm³/mol. The van der Waals surface area contributed by atoms with E-state index in [4.69, 9.17) is 20.3 Å². The lowest BCUT2D eigenvalue weighted by Gasteiger charge is -2.19. The minimum Gasteiger partial charge on any atom is -0.387 e. The summed E-state index contributed by atoms with van der Waals surface area (Å²) in [4.78, 5) is 74.2. The number of aliphatic hydroxyl groups excluding tert-OH is 2. The second-order valence-electron chi connectivity index (χ2n) is 8.49. The molecule has 2 rings (SSSR count). The van der Waals surface area contributed by atoms with Crippen molar-refractivity contribution in [3.8, 4) is 0 Å². The summed E-state index contributed by atoms with van der Waals surface area (Å²) in [5, 5.41) is 23.3. The molecule has 0 bridgehead atoms. The van der Waals surface area contributed by atoms with Crippen LogP contribution in [0.15, 0.2) is 21.9 Å². The molecular formula is C18H31N4O16P3. The predicted octanol–water partition coefficient (Wildman–Crippen LogP) is -1.85. The van der Waals surface area contributed by atoms with E-state index in [0.717, 1.165) is 19.0 Å². The maximum absolute atomic E-state index is 12.4. The molecule has 0 saturated carbocycles. The number of phosphoric ester groups is 1. The van der Waals surface area contributed by atoms with Gasteiger partial charge in [0.1, 0.15) is 18.3 Å².